The molecule has 1 aliphatic carbocycles. The predicted molar refractivity (Wildman–Crippen MR) is 93.1 cm³/mol. The van der Waals surface area contributed by atoms with E-state index in [1.165, 1.54) is 24.1 Å². The number of amides is 1. The molecule has 0 N–H and O–H groups in total. The molecule has 0 spiro atoms. The highest BCUT2D eigenvalue weighted by Gasteiger charge is 2.34. The third kappa shape index (κ3) is 3.90. The predicted octanol–water partition coefficient (Wildman–Crippen LogP) is 2.18. The average Bonchev–Trinajstić information content (AvgIpc) is 3.35. The van der Waals surface area contributed by atoms with Gasteiger partial charge in [0.1, 0.15) is 0 Å². The number of carbonyl (C=O) groups is 1. The van der Waals surface area contributed by atoms with Crippen LogP contribution in [0.2, 0.25) is 0 Å². The molecule has 2 aliphatic heterocycles. The molecule has 6 nitrogen and oxygen atoms in total. The third-order valence-electron chi connectivity index (χ3n) is 5.80. The molecule has 1 aromatic heterocycles. The van der Waals surface area contributed by atoms with Gasteiger partial charge in [-0.05, 0) is 37.5 Å². The van der Waals surface area contributed by atoms with Gasteiger partial charge in [0, 0.05) is 57.9 Å². The largest absolute Gasteiger partial charge is 0.384 e. The van der Waals surface area contributed by atoms with E-state index in [1.54, 1.807) is 7.11 Å². The minimum Gasteiger partial charge on any atom is -0.384 e. The lowest BCUT2D eigenvalue weighted by Crippen LogP contribution is -2.40. The van der Waals surface area contributed by atoms with Gasteiger partial charge in [0.15, 0.2) is 0 Å². The molecule has 25 heavy (non-hydrogen) atoms. The van der Waals surface area contributed by atoms with Crippen molar-refractivity contribution in [2.24, 2.45) is 11.8 Å². The molecular weight excluding hydrogens is 318 g/mol. The molecule has 0 bridgehead atoms. The normalized spacial score (nSPS) is 24.4. The van der Waals surface area contributed by atoms with Crippen molar-refractivity contribution in [1.29, 1.82) is 0 Å². The molecular formula is C19H29N3O3. The van der Waals surface area contributed by atoms with Crippen LogP contribution in [-0.2, 0) is 27.4 Å². The Hall–Kier alpha value is -1.40. The standard InChI is InChI=1S/C19H29N3O3/c1-24-13-17-12-21(18(23)8-14-2-3-14)11-16-9-20-22(19(16)17)10-15-4-6-25-7-5-15/h9,14-15,17H,2-8,10-13H2,1H3/t17-/m1/s1. The Balaban J connectivity index is 1.50. The molecule has 3 heterocycles. The molecule has 1 saturated carbocycles. The minimum atomic E-state index is 0.222. The number of hydrogen-bond donors (Lipinski definition) is 0. The van der Waals surface area contributed by atoms with E-state index in [-0.39, 0.29) is 5.92 Å². The second-order valence-corrected chi connectivity index (χ2v) is 7.87. The van der Waals surface area contributed by atoms with Gasteiger partial charge in [-0.3, -0.25) is 9.48 Å². The molecule has 6 heteroatoms. The maximum atomic E-state index is 12.6. The zero-order chi connectivity index (χ0) is 17.2. The van der Waals surface area contributed by atoms with Crippen LogP contribution < -0.4 is 0 Å². The van der Waals surface area contributed by atoms with Gasteiger partial charge in [0.2, 0.25) is 5.91 Å². The summed E-state index contributed by atoms with van der Waals surface area (Å²) in [5.41, 5.74) is 2.48. The highest BCUT2D eigenvalue weighted by atomic mass is 16.5. The maximum Gasteiger partial charge on any atom is 0.223 e. The first kappa shape index (κ1) is 17.0. The fourth-order valence-electron chi connectivity index (χ4n) is 4.19. The first-order valence-electron chi connectivity index (χ1n) is 9.63. The van der Waals surface area contributed by atoms with Crippen LogP contribution in [0.4, 0.5) is 0 Å². The van der Waals surface area contributed by atoms with E-state index in [1.807, 2.05) is 11.1 Å². The lowest BCUT2D eigenvalue weighted by Gasteiger charge is -2.34. The van der Waals surface area contributed by atoms with Crippen LogP contribution >= 0.6 is 0 Å². The molecule has 1 saturated heterocycles. The van der Waals surface area contributed by atoms with Crippen LogP contribution in [0.25, 0.3) is 0 Å². The number of carbonyl (C=O) groups excluding carboxylic acids is 1. The Morgan fingerprint density at radius 3 is 2.80 bits per heavy atom. The fourth-order valence-corrected chi connectivity index (χ4v) is 4.19. The van der Waals surface area contributed by atoms with Gasteiger partial charge in [-0.2, -0.15) is 5.10 Å². The summed E-state index contributed by atoms with van der Waals surface area (Å²) in [4.78, 5) is 14.6. The summed E-state index contributed by atoms with van der Waals surface area (Å²) >= 11 is 0. The molecule has 4 rings (SSSR count). The second-order valence-electron chi connectivity index (χ2n) is 7.87. The summed E-state index contributed by atoms with van der Waals surface area (Å²) in [6, 6.07) is 0. The number of aromatic nitrogens is 2. The molecule has 1 aromatic rings. The van der Waals surface area contributed by atoms with Crippen molar-refractivity contribution in [2.45, 2.75) is 51.1 Å². The summed E-state index contributed by atoms with van der Waals surface area (Å²) in [7, 11) is 1.74. The summed E-state index contributed by atoms with van der Waals surface area (Å²) in [5, 5.41) is 4.67. The minimum absolute atomic E-state index is 0.222. The molecule has 3 aliphatic rings. The smallest absolute Gasteiger partial charge is 0.223 e. The van der Waals surface area contributed by atoms with Gasteiger partial charge in [-0.15, -0.1) is 0 Å². The van der Waals surface area contributed by atoms with Crippen molar-refractivity contribution in [3.05, 3.63) is 17.5 Å². The van der Waals surface area contributed by atoms with E-state index in [4.69, 9.17) is 9.47 Å². The van der Waals surface area contributed by atoms with Gasteiger partial charge in [0.05, 0.1) is 18.5 Å². The second kappa shape index (κ2) is 7.46. The summed E-state index contributed by atoms with van der Waals surface area (Å²) in [5.74, 6) is 1.78. The van der Waals surface area contributed by atoms with Crippen LogP contribution in [-0.4, -0.2) is 54.1 Å². The number of fused-ring (bicyclic) bond motifs is 1. The van der Waals surface area contributed by atoms with Crippen molar-refractivity contribution in [3.8, 4) is 0 Å². The number of hydrogen-bond acceptors (Lipinski definition) is 4. The van der Waals surface area contributed by atoms with E-state index in [0.29, 0.717) is 37.3 Å². The number of nitrogens with zero attached hydrogens (tertiary/aromatic N) is 3. The van der Waals surface area contributed by atoms with Crippen molar-refractivity contribution in [1.82, 2.24) is 14.7 Å². The molecule has 1 amide bonds. The van der Waals surface area contributed by atoms with Crippen molar-refractivity contribution >= 4 is 5.91 Å². The van der Waals surface area contributed by atoms with Crippen molar-refractivity contribution < 1.29 is 14.3 Å². The van der Waals surface area contributed by atoms with Gasteiger partial charge in [0.25, 0.3) is 0 Å². The van der Waals surface area contributed by atoms with Gasteiger partial charge < -0.3 is 14.4 Å². The van der Waals surface area contributed by atoms with Gasteiger partial charge >= 0.3 is 0 Å². The molecule has 2 fully saturated rings. The Morgan fingerprint density at radius 1 is 1.28 bits per heavy atom. The van der Waals surface area contributed by atoms with Crippen molar-refractivity contribution in [2.75, 3.05) is 33.5 Å². The lowest BCUT2D eigenvalue weighted by molar-refractivity contribution is -0.133. The number of methoxy groups -OCH3 is 1. The van der Waals surface area contributed by atoms with Crippen LogP contribution in [0.3, 0.4) is 0 Å². The quantitative estimate of drug-likeness (QED) is 0.791. The SMILES string of the molecule is COC[C@H]1CN(C(=O)CC2CC2)Cc2cnn(CC3CCOCC3)c21. The van der Waals surface area contributed by atoms with E-state index < -0.39 is 0 Å². The Kier molecular flexibility index (Phi) is 5.08. The molecule has 0 aromatic carbocycles. The summed E-state index contributed by atoms with van der Waals surface area (Å²) in [6.07, 6.45) is 7.33. The van der Waals surface area contributed by atoms with Crippen LogP contribution in [0.15, 0.2) is 6.20 Å². The highest BCUT2D eigenvalue weighted by Crippen LogP contribution is 2.35. The van der Waals surface area contributed by atoms with Crippen LogP contribution in [0.1, 0.15) is 49.3 Å². The van der Waals surface area contributed by atoms with Crippen LogP contribution in [0.5, 0.6) is 0 Å². The molecule has 1 atom stereocenters. The number of rotatable bonds is 6. The van der Waals surface area contributed by atoms with E-state index >= 15 is 0 Å². The van der Waals surface area contributed by atoms with Crippen molar-refractivity contribution in [3.63, 3.8) is 0 Å². The Morgan fingerprint density at radius 2 is 2.08 bits per heavy atom. The molecule has 0 radical (unpaired) electrons. The monoisotopic (exact) mass is 347 g/mol. The van der Waals surface area contributed by atoms with Crippen LogP contribution in [0, 0.1) is 11.8 Å². The summed E-state index contributed by atoms with van der Waals surface area (Å²) < 4.78 is 13.1. The molecule has 0 unspecified atom stereocenters. The Bertz CT molecular complexity index is 605. The zero-order valence-corrected chi connectivity index (χ0v) is 15.2. The maximum absolute atomic E-state index is 12.6. The average molecular weight is 347 g/mol. The van der Waals surface area contributed by atoms with Gasteiger partial charge in [-0.25, -0.2) is 0 Å². The first-order chi connectivity index (χ1) is 12.2. The van der Waals surface area contributed by atoms with E-state index in [2.05, 4.69) is 9.78 Å². The third-order valence-corrected chi connectivity index (χ3v) is 5.80. The molecule has 138 valence electrons. The number of ether oxygens (including phenoxy) is 2. The van der Waals surface area contributed by atoms with E-state index in [0.717, 1.165) is 39.1 Å². The highest BCUT2D eigenvalue weighted by molar-refractivity contribution is 5.77. The lowest BCUT2D eigenvalue weighted by atomic mass is 9.95. The van der Waals surface area contributed by atoms with E-state index in [9.17, 15) is 4.79 Å². The topological polar surface area (TPSA) is 56.6 Å². The Labute approximate surface area is 149 Å². The first-order valence-corrected chi connectivity index (χ1v) is 9.63. The van der Waals surface area contributed by atoms with Gasteiger partial charge in [-0.1, -0.05) is 0 Å². The summed E-state index contributed by atoms with van der Waals surface area (Å²) in [6.45, 7) is 4.77. The zero-order valence-electron chi connectivity index (χ0n) is 15.2. The fraction of sp³-hybridized carbons (Fsp3) is 0.789.